The van der Waals surface area contributed by atoms with E-state index < -0.39 is 146 Å². The first-order valence-electron chi connectivity index (χ1n) is 20.2. The van der Waals surface area contributed by atoms with Crippen LogP contribution in [0, 0.1) is 11.8 Å². The van der Waals surface area contributed by atoms with Gasteiger partial charge in [-0.15, -0.1) is 11.8 Å². The zero-order valence-electron chi connectivity index (χ0n) is 34.3. The first-order chi connectivity index (χ1) is 29.4. The van der Waals surface area contributed by atoms with Crippen molar-refractivity contribution in [3.05, 3.63) is 29.8 Å². The van der Waals surface area contributed by atoms with E-state index in [4.69, 9.17) is 0 Å². The highest BCUT2D eigenvalue weighted by Crippen LogP contribution is 2.32. The smallest absolute Gasteiger partial charge is 0.305 e. The van der Waals surface area contributed by atoms with Crippen molar-refractivity contribution in [3.8, 4) is 0 Å². The summed E-state index contributed by atoms with van der Waals surface area (Å²) < 4.78 is 0. The van der Waals surface area contributed by atoms with Crippen molar-refractivity contribution in [3.63, 3.8) is 0 Å². The molecule has 12 N–H and O–H groups in total. The van der Waals surface area contributed by atoms with Gasteiger partial charge in [-0.1, -0.05) is 45.4 Å². The van der Waals surface area contributed by atoms with Gasteiger partial charge in [-0.2, -0.15) is 0 Å². The number of carbonyl (C=O) groups is 9. The minimum absolute atomic E-state index is 0.276. The number of fused-ring (bicyclic) bond motifs is 5. The number of aliphatic hydroxyl groups excluding tert-OH is 3. The topological polar surface area (TPSA) is 338 Å². The van der Waals surface area contributed by atoms with E-state index in [1.165, 1.54) is 6.92 Å². The third kappa shape index (κ3) is 11.4. The molecule has 4 heterocycles. The van der Waals surface area contributed by atoms with E-state index in [-0.39, 0.29) is 18.6 Å². The molecular formula is C39H53N9O13S. The Morgan fingerprint density at radius 3 is 2.19 bits per heavy atom. The Morgan fingerprint density at radius 1 is 0.839 bits per heavy atom. The van der Waals surface area contributed by atoms with Crippen LogP contribution >= 0.6 is 11.8 Å². The van der Waals surface area contributed by atoms with E-state index in [9.17, 15) is 63.6 Å². The highest BCUT2D eigenvalue weighted by atomic mass is 32.2. The lowest BCUT2D eigenvalue weighted by atomic mass is 9.93. The number of aromatic amines is 1. The van der Waals surface area contributed by atoms with Crippen LogP contribution in [0.5, 0.6) is 0 Å². The fourth-order valence-corrected chi connectivity index (χ4v) is 8.61. The van der Waals surface area contributed by atoms with Crippen LogP contribution in [-0.4, -0.2) is 164 Å². The Hall–Kier alpha value is -5.78. The Morgan fingerprint density at radius 2 is 1.52 bits per heavy atom. The lowest BCUT2D eigenvalue weighted by Gasteiger charge is -2.32. The number of rotatable bonds is 7. The van der Waals surface area contributed by atoms with Crippen LogP contribution in [0.25, 0.3) is 10.9 Å². The summed E-state index contributed by atoms with van der Waals surface area (Å²) in [7, 11) is 0. The molecule has 0 radical (unpaired) electrons. The van der Waals surface area contributed by atoms with Crippen molar-refractivity contribution >= 4 is 75.9 Å². The lowest BCUT2D eigenvalue weighted by Crippen LogP contribution is -2.62. The zero-order valence-corrected chi connectivity index (χ0v) is 35.1. The Labute approximate surface area is 359 Å². The molecule has 3 aliphatic rings. The molecule has 22 nitrogen and oxygen atoms in total. The van der Waals surface area contributed by atoms with E-state index in [1.807, 2.05) is 0 Å². The summed E-state index contributed by atoms with van der Waals surface area (Å²) in [6.45, 7) is 2.12. The first kappa shape index (κ1) is 47.3. The maximum absolute atomic E-state index is 14.4. The van der Waals surface area contributed by atoms with E-state index in [2.05, 4.69) is 42.2 Å². The Balaban J connectivity index is 1.69. The average molecular weight is 888 g/mol. The number of benzene rings is 1. The van der Waals surface area contributed by atoms with E-state index >= 15 is 0 Å². The standard InChI is InChI=1S/C39H53N9O13S/c1-4-17(2)31-36(59)41-12-28(52)42-25-16-62-38-21(20-7-5-6-8-22(20)45-38)10-23(33(56)40-13-29(53)46-31)43-37(60)32(18(3)27(51)15-49)47-35(58)26-9-19(50)14-48(26)39(61)24(11-30(54)55)44-34(25)57/h5-8,17-19,23-27,31-32,45,49-51H,4,9-16H2,1-3H3,(H,40,56)(H,41,59)(H,42,52)(H,43,60)(H,44,57)(H,46,53)(H,47,58)(H,54,55)/t17-,18-,19+,23-,24-,25-,26-,27-,31-,32-/m0/s1. The number of amides is 8. The highest BCUT2D eigenvalue weighted by molar-refractivity contribution is 7.99. The quantitative estimate of drug-likeness (QED) is 0.126. The largest absolute Gasteiger partial charge is 0.481 e. The maximum Gasteiger partial charge on any atom is 0.305 e. The number of aliphatic hydroxyl groups is 3. The molecule has 10 atom stereocenters. The molecule has 1 saturated heterocycles. The maximum atomic E-state index is 14.4. The van der Waals surface area contributed by atoms with Crippen LogP contribution in [0.4, 0.5) is 0 Å². The highest BCUT2D eigenvalue weighted by Gasteiger charge is 2.45. The lowest BCUT2D eigenvalue weighted by molar-refractivity contribution is -0.146. The van der Waals surface area contributed by atoms with Gasteiger partial charge in [0, 0.05) is 42.0 Å². The number of aliphatic carboxylic acids is 1. The summed E-state index contributed by atoms with van der Waals surface area (Å²) in [5.74, 6) is -11.0. The van der Waals surface area contributed by atoms with E-state index in [0.29, 0.717) is 27.9 Å². The van der Waals surface area contributed by atoms with Crippen molar-refractivity contribution in [1.82, 2.24) is 47.1 Å². The molecule has 8 amide bonds. The number of para-hydroxylation sites is 1. The fraction of sp³-hybridized carbons (Fsp3) is 0.564. The second-order valence-corrected chi connectivity index (χ2v) is 16.7. The monoisotopic (exact) mass is 887 g/mol. The molecule has 1 aromatic heterocycles. The molecule has 62 heavy (non-hydrogen) atoms. The number of hydrogen-bond acceptors (Lipinski definition) is 13. The summed E-state index contributed by atoms with van der Waals surface area (Å²) in [5.41, 5.74) is 1.00. The fourth-order valence-electron chi connectivity index (χ4n) is 7.49. The molecule has 2 bridgehead atoms. The Bertz CT molecular complexity index is 2070. The number of nitrogens with zero attached hydrogens (tertiary/aromatic N) is 1. The average Bonchev–Trinajstić information content (AvgIpc) is 3.81. The number of nitrogens with one attached hydrogen (secondary N) is 8. The summed E-state index contributed by atoms with van der Waals surface area (Å²) in [6.07, 6.45) is -4.15. The van der Waals surface area contributed by atoms with Crippen LogP contribution in [0.3, 0.4) is 0 Å². The summed E-state index contributed by atoms with van der Waals surface area (Å²) in [5, 5.41) is 59.5. The van der Waals surface area contributed by atoms with Crippen molar-refractivity contribution in [1.29, 1.82) is 0 Å². The van der Waals surface area contributed by atoms with E-state index in [0.717, 1.165) is 16.7 Å². The molecule has 2 aromatic rings. The number of thioether (sulfide) groups is 1. The van der Waals surface area contributed by atoms with Crippen LogP contribution in [0.1, 0.15) is 45.6 Å². The minimum Gasteiger partial charge on any atom is -0.481 e. The van der Waals surface area contributed by atoms with Gasteiger partial charge >= 0.3 is 5.97 Å². The van der Waals surface area contributed by atoms with Gasteiger partial charge in [0.15, 0.2) is 0 Å². The van der Waals surface area contributed by atoms with Gasteiger partial charge in [0.2, 0.25) is 47.3 Å². The second kappa shape index (κ2) is 20.9. The summed E-state index contributed by atoms with van der Waals surface area (Å²) in [6, 6.07) is -2.39. The molecule has 23 heteroatoms. The Kier molecular flexibility index (Phi) is 15.9. The molecule has 0 unspecified atom stereocenters. The molecular weight excluding hydrogens is 835 g/mol. The van der Waals surface area contributed by atoms with Gasteiger partial charge in [-0.3, -0.25) is 43.2 Å². The number of aromatic nitrogens is 1. The van der Waals surface area contributed by atoms with Crippen LogP contribution in [0.2, 0.25) is 0 Å². The molecule has 1 aromatic carbocycles. The number of carboxylic acids is 1. The van der Waals surface area contributed by atoms with Gasteiger partial charge in [-0.05, 0) is 17.5 Å². The van der Waals surface area contributed by atoms with Gasteiger partial charge in [0.1, 0.15) is 36.3 Å². The molecule has 1 fully saturated rings. The van der Waals surface area contributed by atoms with Crippen molar-refractivity contribution in [2.24, 2.45) is 11.8 Å². The van der Waals surface area contributed by atoms with Gasteiger partial charge in [-0.25, -0.2) is 0 Å². The minimum atomic E-state index is -1.84. The third-order valence-electron chi connectivity index (χ3n) is 11.3. The van der Waals surface area contributed by atoms with Crippen LogP contribution in [-0.2, 0) is 49.6 Å². The number of carbonyl (C=O) groups excluding carboxylic acids is 8. The van der Waals surface area contributed by atoms with E-state index in [1.54, 1.807) is 38.1 Å². The summed E-state index contributed by atoms with van der Waals surface area (Å²) in [4.78, 5) is 127. The molecule has 338 valence electrons. The van der Waals surface area contributed by atoms with Crippen LogP contribution < -0.4 is 37.2 Å². The number of hydrogen-bond donors (Lipinski definition) is 12. The SMILES string of the molecule is CC[C@H](C)[C@@H]1NC(=O)CNC(=O)[C@@H]2Cc3c([nH]c4ccccc34)SC[C@H](NC(=O)CNC1=O)C(=O)N[C@@H](CC(=O)O)C(=O)N1C[C@H](O)C[C@H]1C(=O)N[C@@H]([C@@H](C)[C@@H](O)CO)C(=O)N2. The van der Waals surface area contributed by atoms with Gasteiger partial charge in [0.05, 0.1) is 43.4 Å². The predicted octanol–water partition coefficient (Wildman–Crippen LogP) is -4.04. The zero-order chi connectivity index (χ0) is 45.4. The molecule has 3 aliphatic heterocycles. The molecule has 5 rings (SSSR count). The van der Waals surface area contributed by atoms with Crippen LogP contribution in [0.15, 0.2) is 29.3 Å². The van der Waals surface area contributed by atoms with Gasteiger partial charge in [0.25, 0.3) is 0 Å². The van der Waals surface area contributed by atoms with Gasteiger partial charge < -0.3 is 67.5 Å². The van der Waals surface area contributed by atoms with Crippen molar-refractivity contribution < 1.29 is 63.6 Å². The molecule has 0 aliphatic carbocycles. The summed E-state index contributed by atoms with van der Waals surface area (Å²) >= 11 is 1.00. The third-order valence-corrected chi connectivity index (χ3v) is 12.4. The number of H-pyrrole nitrogens is 1. The number of carboxylic acid groups (broad SMARTS) is 1. The van der Waals surface area contributed by atoms with Crippen molar-refractivity contribution in [2.45, 2.75) is 99.9 Å². The van der Waals surface area contributed by atoms with Crippen molar-refractivity contribution in [2.75, 3.05) is 32.0 Å². The normalized spacial score (nSPS) is 27.8. The second-order valence-electron chi connectivity index (χ2n) is 15.7. The molecule has 0 saturated carbocycles. The first-order valence-corrected chi connectivity index (χ1v) is 21.2. The predicted molar refractivity (Wildman–Crippen MR) is 218 cm³/mol. The molecule has 0 spiro atoms.